The van der Waals surface area contributed by atoms with Gasteiger partial charge in [-0.3, -0.25) is 15.2 Å². The fourth-order valence-electron chi connectivity index (χ4n) is 0.919. The van der Waals surface area contributed by atoms with E-state index in [0.29, 0.717) is 5.02 Å². The highest BCUT2D eigenvalue weighted by atomic mass is 35.5. The Balaban J connectivity index is 2.20. The van der Waals surface area contributed by atoms with E-state index in [1.165, 1.54) is 6.34 Å². The van der Waals surface area contributed by atoms with Crippen LogP contribution in [0.2, 0.25) is 5.02 Å². The van der Waals surface area contributed by atoms with Crippen molar-refractivity contribution in [3.05, 3.63) is 29.3 Å². The number of halogens is 1. The predicted molar refractivity (Wildman–Crippen MR) is 63.8 cm³/mol. The molecule has 0 saturated carbocycles. The number of carboxylic acids is 1. The molecule has 0 aliphatic heterocycles. The van der Waals surface area contributed by atoms with Gasteiger partial charge in [0.25, 0.3) is 0 Å². The highest BCUT2D eigenvalue weighted by Gasteiger charge is 1.92. The minimum absolute atomic E-state index is 0.0269. The number of nitrogens with zero attached hydrogens (tertiary/aromatic N) is 1. The van der Waals surface area contributed by atoms with Gasteiger partial charge >= 0.3 is 5.97 Å². The SMILES string of the molecule is O=C(O)CCN=CNNc1ccc(Cl)cc1. The Morgan fingerprint density at radius 3 is 2.75 bits per heavy atom. The van der Waals surface area contributed by atoms with Crippen LogP contribution in [0.3, 0.4) is 0 Å². The minimum Gasteiger partial charge on any atom is -0.481 e. The lowest BCUT2D eigenvalue weighted by Crippen LogP contribution is -2.19. The molecule has 0 saturated heterocycles. The quantitative estimate of drug-likeness (QED) is 0.403. The molecule has 3 N–H and O–H groups in total. The van der Waals surface area contributed by atoms with E-state index < -0.39 is 5.97 Å². The van der Waals surface area contributed by atoms with Crippen LogP contribution in [-0.4, -0.2) is 24.0 Å². The number of anilines is 1. The first-order chi connectivity index (χ1) is 7.68. The van der Waals surface area contributed by atoms with Gasteiger partial charge in [0.15, 0.2) is 0 Å². The van der Waals surface area contributed by atoms with Crippen molar-refractivity contribution in [2.24, 2.45) is 4.99 Å². The fourth-order valence-corrected chi connectivity index (χ4v) is 1.05. The maximum absolute atomic E-state index is 10.2. The molecule has 16 heavy (non-hydrogen) atoms. The molecule has 0 unspecified atom stereocenters. The molecule has 0 atom stereocenters. The Morgan fingerprint density at radius 2 is 2.12 bits per heavy atom. The fraction of sp³-hybridized carbons (Fsp3) is 0.200. The molecule has 0 radical (unpaired) electrons. The molecule has 1 aromatic rings. The molecule has 0 heterocycles. The Bertz CT molecular complexity index is 365. The van der Waals surface area contributed by atoms with Gasteiger partial charge in [0, 0.05) is 5.02 Å². The van der Waals surface area contributed by atoms with Crippen LogP contribution in [0, 0.1) is 0 Å². The number of rotatable bonds is 6. The van der Waals surface area contributed by atoms with E-state index in [9.17, 15) is 4.79 Å². The molecule has 0 bridgehead atoms. The monoisotopic (exact) mass is 241 g/mol. The third-order valence-corrected chi connectivity index (χ3v) is 1.92. The zero-order chi connectivity index (χ0) is 11.8. The van der Waals surface area contributed by atoms with E-state index in [4.69, 9.17) is 16.7 Å². The average Bonchev–Trinajstić information content (AvgIpc) is 2.25. The number of nitrogens with one attached hydrogen (secondary N) is 2. The normalized spacial score (nSPS) is 10.3. The second-order valence-corrected chi connectivity index (χ2v) is 3.39. The summed E-state index contributed by atoms with van der Waals surface area (Å²) in [5.41, 5.74) is 6.41. The summed E-state index contributed by atoms with van der Waals surface area (Å²) in [5.74, 6) is -0.859. The van der Waals surface area contributed by atoms with Gasteiger partial charge in [-0.05, 0) is 24.3 Å². The lowest BCUT2D eigenvalue weighted by atomic mass is 10.3. The average molecular weight is 242 g/mol. The van der Waals surface area contributed by atoms with Crippen molar-refractivity contribution in [3.63, 3.8) is 0 Å². The third kappa shape index (κ3) is 5.21. The van der Waals surface area contributed by atoms with Gasteiger partial charge < -0.3 is 10.5 Å². The van der Waals surface area contributed by atoms with Crippen molar-refractivity contribution < 1.29 is 9.90 Å². The number of benzene rings is 1. The van der Waals surface area contributed by atoms with Gasteiger partial charge in [0.2, 0.25) is 0 Å². The molecule has 0 fully saturated rings. The van der Waals surface area contributed by atoms with Gasteiger partial charge in [-0.15, -0.1) is 0 Å². The lowest BCUT2D eigenvalue weighted by Gasteiger charge is -2.04. The molecule has 0 spiro atoms. The largest absolute Gasteiger partial charge is 0.481 e. The van der Waals surface area contributed by atoms with Crippen LogP contribution in [0.15, 0.2) is 29.3 Å². The molecule has 0 aliphatic rings. The summed E-state index contributed by atoms with van der Waals surface area (Å²) in [5, 5.41) is 9.02. The summed E-state index contributed by atoms with van der Waals surface area (Å²) < 4.78 is 0. The van der Waals surface area contributed by atoms with Crippen LogP contribution in [0.4, 0.5) is 5.69 Å². The number of hydrogen-bond donors (Lipinski definition) is 3. The molecule has 1 aromatic carbocycles. The number of aliphatic imine (C=N–C) groups is 1. The smallest absolute Gasteiger partial charge is 0.305 e. The number of carboxylic acid groups (broad SMARTS) is 1. The van der Waals surface area contributed by atoms with Gasteiger partial charge in [-0.25, -0.2) is 0 Å². The molecular weight excluding hydrogens is 230 g/mol. The lowest BCUT2D eigenvalue weighted by molar-refractivity contribution is -0.136. The van der Waals surface area contributed by atoms with Crippen LogP contribution in [-0.2, 0) is 4.79 Å². The van der Waals surface area contributed by atoms with E-state index in [2.05, 4.69) is 15.8 Å². The van der Waals surface area contributed by atoms with Crippen molar-refractivity contribution in [3.8, 4) is 0 Å². The van der Waals surface area contributed by atoms with Crippen molar-refractivity contribution >= 4 is 29.6 Å². The maximum Gasteiger partial charge on any atom is 0.305 e. The topological polar surface area (TPSA) is 73.7 Å². The molecule has 6 heteroatoms. The van der Waals surface area contributed by atoms with Crippen molar-refractivity contribution in [2.45, 2.75) is 6.42 Å². The Morgan fingerprint density at radius 1 is 1.44 bits per heavy atom. The molecular formula is C10H12ClN3O2. The molecule has 86 valence electrons. The number of aliphatic carboxylic acids is 1. The van der Waals surface area contributed by atoms with Crippen molar-refractivity contribution in [1.82, 2.24) is 5.43 Å². The van der Waals surface area contributed by atoms with Crippen LogP contribution in [0.5, 0.6) is 0 Å². The van der Waals surface area contributed by atoms with Crippen molar-refractivity contribution in [2.75, 3.05) is 12.0 Å². The van der Waals surface area contributed by atoms with Gasteiger partial charge in [0.05, 0.1) is 18.7 Å². The summed E-state index contributed by atoms with van der Waals surface area (Å²) >= 11 is 5.71. The van der Waals surface area contributed by atoms with Crippen LogP contribution < -0.4 is 10.9 Å². The zero-order valence-corrected chi connectivity index (χ0v) is 9.24. The first kappa shape index (κ1) is 12.3. The van der Waals surface area contributed by atoms with Crippen LogP contribution in [0.1, 0.15) is 6.42 Å². The summed E-state index contributed by atoms with van der Waals surface area (Å²) in [7, 11) is 0. The number of carbonyl (C=O) groups is 1. The van der Waals surface area contributed by atoms with E-state index in [1.807, 2.05) is 0 Å². The Kier molecular flexibility index (Phi) is 5.15. The summed E-state index contributed by atoms with van der Waals surface area (Å²) in [4.78, 5) is 14.0. The standard InChI is InChI=1S/C10H12ClN3O2/c11-8-1-3-9(4-2-8)14-13-7-12-6-5-10(15)16/h1-4,7,14H,5-6H2,(H,12,13)(H,15,16). The third-order valence-electron chi connectivity index (χ3n) is 1.67. The first-order valence-electron chi connectivity index (χ1n) is 4.65. The van der Waals surface area contributed by atoms with E-state index in [-0.39, 0.29) is 13.0 Å². The van der Waals surface area contributed by atoms with Crippen LogP contribution >= 0.6 is 11.6 Å². The second-order valence-electron chi connectivity index (χ2n) is 2.96. The van der Waals surface area contributed by atoms with Crippen molar-refractivity contribution in [1.29, 1.82) is 0 Å². The highest BCUT2D eigenvalue weighted by Crippen LogP contribution is 2.11. The zero-order valence-electron chi connectivity index (χ0n) is 8.48. The summed E-state index contributed by atoms with van der Waals surface area (Å²) in [6.07, 6.45) is 1.44. The Labute approximate surface area is 98.1 Å². The molecule has 0 aromatic heterocycles. The van der Waals surface area contributed by atoms with Gasteiger partial charge in [-0.2, -0.15) is 0 Å². The predicted octanol–water partition coefficient (Wildman–Crippen LogP) is 1.76. The van der Waals surface area contributed by atoms with Gasteiger partial charge in [-0.1, -0.05) is 11.6 Å². The molecule has 0 aliphatic carbocycles. The van der Waals surface area contributed by atoms with Crippen LogP contribution in [0.25, 0.3) is 0 Å². The minimum atomic E-state index is -0.859. The maximum atomic E-state index is 10.2. The number of hydrogen-bond acceptors (Lipinski definition) is 3. The second kappa shape index (κ2) is 6.68. The summed E-state index contributed by atoms with van der Waals surface area (Å²) in [6.45, 7) is 0.255. The molecule has 0 amide bonds. The molecule has 5 nitrogen and oxygen atoms in total. The van der Waals surface area contributed by atoms with Gasteiger partial charge in [0.1, 0.15) is 6.34 Å². The number of hydrazine groups is 1. The Hall–Kier alpha value is -1.75. The highest BCUT2D eigenvalue weighted by molar-refractivity contribution is 6.30. The first-order valence-corrected chi connectivity index (χ1v) is 5.03. The van der Waals surface area contributed by atoms with E-state index in [0.717, 1.165) is 5.69 Å². The summed E-state index contributed by atoms with van der Waals surface area (Å²) in [6, 6.07) is 7.13. The molecule has 1 rings (SSSR count). The van der Waals surface area contributed by atoms with E-state index in [1.54, 1.807) is 24.3 Å². The van der Waals surface area contributed by atoms with E-state index >= 15 is 0 Å².